The van der Waals surface area contributed by atoms with Crippen LogP contribution in [0, 0.1) is 17.8 Å². The molecule has 0 aliphatic heterocycles. The summed E-state index contributed by atoms with van der Waals surface area (Å²) < 4.78 is 0. The highest BCUT2D eigenvalue weighted by molar-refractivity contribution is 4.90. The standard InChI is InChI=1S/C15H28N2/c1-11(10-17-15-4-5-15)16-7-6-14-9-12-2-3-13(14)8-12/h11-17H,2-10H2,1H3. The Morgan fingerprint density at radius 1 is 1.12 bits per heavy atom. The number of hydrogen-bond acceptors (Lipinski definition) is 2. The summed E-state index contributed by atoms with van der Waals surface area (Å²) >= 11 is 0. The van der Waals surface area contributed by atoms with Crippen molar-refractivity contribution in [2.75, 3.05) is 13.1 Å². The van der Waals surface area contributed by atoms with Crippen molar-refractivity contribution >= 4 is 0 Å². The molecule has 0 spiro atoms. The van der Waals surface area contributed by atoms with Gasteiger partial charge in [0, 0.05) is 18.6 Å². The molecule has 0 aromatic rings. The van der Waals surface area contributed by atoms with Gasteiger partial charge in [-0.05, 0) is 69.7 Å². The van der Waals surface area contributed by atoms with Gasteiger partial charge in [-0.2, -0.15) is 0 Å². The van der Waals surface area contributed by atoms with Gasteiger partial charge in [0.2, 0.25) is 0 Å². The average Bonchev–Trinajstić information content (AvgIpc) is 2.93. The number of fused-ring (bicyclic) bond motifs is 2. The summed E-state index contributed by atoms with van der Waals surface area (Å²) in [6.07, 6.45) is 10.4. The second-order valence-corrected chi connectivity index (χ2v) is 6.76. The third kappa shape index (κ3) is 3.23. The average molecular weight is 236 g/mol. The van der Waals surface area contributed by atoms with Crippen molar-refractivity contribution in [1.29, 1.82) is 0 Å². The van der Waals surface area contributed by atoms with Crippen LogP contribution in [0.2, 0.25) is 0 Å². The van der Waals surface area contributed by atoms with Crippen molar-refractivity contribution < 1.29 is 0 Å². The molecule has 3 aliphatic carbocycles. The first-order valence-electron chi connectivity index (χ1n) is 7.78. The lowest BCUT2D eigenvalue weighted by Gasteiger charge is -2.23. The van der Waals surface area contributed by atoms with Crippen LogP contribution < -0.4 is 10.6 Å². The molecular formula is C15H28N2. The second kappa shape index (κ2) is 5.27. The molecule has 0 aromatic heterocycles. The Morgan fingerprint density at radius 3 is 2.65 bits per heavy atom. The van der Waals surface area contributed by atoms with Crippen LogP contribution in [0.15, 0.2) is 0 Å². The molecule has 0 heterocycles. The van der Waals surface area contributed by atoms with E-state index in [4.69, 9.17) is 0 Å². The first-order chi connectivity index (χ1) is 8.31. The van der Waals surface area contributed by atoms with Gasteiger partial charge < -0.3 is 10.6 Å². The largest absolute Gasteiger partial charge is 0.313 e. The van der Waals surface area contributed by atoms with Crippen molar-refractivity contribution in [3.63, 3.8) is 0 Å². The lowest BCUT2D eigenvalue weighted by atomic mass is 9.86. The minimum Gasteiger partial charge on any atom is -0.313 e. The zero-order chi connectivity index (χ0) is 11.7. The molecule has 2 N–H and O–H groups in total. The summed E-state index contributed by atoms with van der Waals surface area (Å²) in [4.78, 5) is 0. The van der Waals surface area contributed by atoms with Crippen molar-refractivity contribution in [3.8, 4) is 0 Å². The molecule has 3 saturated carbocycles. The van der Waals surface area contributed by atoms with Gasteiger partial charge in [-0.15, -0.1) is 0 Å². The Kier molecular flexibility index (Phi) is 3.72. The second-order valence-electron chi connectivity index (χ2n) is 6.76. The van der Waals surface area contributed by atoms with Crippen LogP contribution in [-0.2, 0) is 0 Å². The molecule has 2 bridgehead atoms. The van der Waals surface area contributed by atoms with Crippen molar-refractivity contribution in [1.82, 2.24) is 10.6 Å². The van der Waals surface area contributed by atoms with Gasteiger partial charge in [0.25, 0.3) is 0 Å². The van der Waals surface area contributed by atoms with Crippen LogP contribution in [-0.4, -0.2) is 25.2 Å². The molecule has 0 amide bonds. The van der Waals surface area contributed by atoms with Gasteiger partial charge in [0.1, 0.15) is 0 Å². The Hall–Kier alpha value is -0.0800. The van der Waals surface area contributed by atoms with E-state index in [0.717, 1.165) is 30.3 Å². The van der Waals surface area contributed by atoms with E-state index in [1.165, 1.54) is 38.6 Å². The Labute approximate surface area is 106 Å². The molecule has 3 rings (SSSR count). The Bertz CT molecular complexity index is 249. The van der Waals surface area contributed by atoms with E-state index >= 15 is 0 Å². The van der Waals surface area contributed by atoms with Gasteiger partial charge in [-0.25, -0.2) is 0 Å². The molecule has 3 fully saturated rings. The summed E-state index contributed by atoms with van der Waals surface area (Å²) in [7, 11) is 0. The summed E-state index contributed by atoms with van der Waals surface area (Å²) in [5.74, 6) is 3.27. The van der Waals surface area contributed by atoms with Gasteiger partial charge in [0.05, 0.1) is 0 Å². The minimum absolute atomic E-state index is 0.647. The van der Waals surface area contributed by atoms with Gasteiger partial charge in [-0.1, -0.05) is 6.42 Å². The predicted molar refractivity (Wildman–Crippen MR) is 72.0 cm³/mol. The van der Waals surface area contributed by atoms with Gasteiger partial charge >= 0.3 is 0 Å². The highest BCUT2D eigenvalue weighted by atomic mass is 15.0. The summed E-state index contributed by atoms with van der Waals surface area (Å²) in [6, 6.07) is 1.50. The first-order valence-corrected chi connectivity index (χ1v) is 7.78. The number of hydrogen-bond donors (Lipinski definition) is 2. The first kappa shape index (κ1) is 12.0. The van der Waals surface area contributed by atoms with E-state index in [1.807, 2.05) is 0 Å². The van der Waals surface area contributed by atoms with Gasteiger partial charge in [-0.3, -0.25) is 0 Å². The van der Waals surface area contributed by atoms with Crippen LogP contribution in [0.25, 0.3) is 0 Å². The summed E-state index contributed by atoms with van der Waals surface area (Å²) in [6.45, 7) is 4.71. The maximum Gasteiger partial charge on any atom is 0.0164 e. The fraction of sp³-hybridized carbons (Fsp3) is 1.00. The molecule has 3 aliphatic rings. The third-order valence-electron chi connectivity index (χ3n) is 5.18. The van der Waals surface area contributed by atoms with Crippen LogP contribution in [0.1, 0.15) is 51.9 Å². The highest BCUT2D eigenvalue weighted by Gasteiger charge is 2.38. The van der Waals surface area contributed by atoms with Gasteiger partial charge in [0.15, 0.2) is 0 Å². The fourth-order valence-electron chi connectivity index (χ4n) is 3.95. The Morgan fingerprint density at radius 2 is 2.00 bits per heavy atom. The normalized spacial score (nSPS) is 37.6. The maximum absolute atomic E-state index is 3.69. The summed E-state index contributed by atoms with van der Waals surface area (Å²) in [5.41, 5.74) is 0. The number of nitrogens with one attached hydrogen (secondary N) is 2. The molecule has 4 atom stereocenters. The molecule has 0 radical (unpaired) electrons. The molecule has 2 heteroatoms. The van der Waals surface area contributed by atoms with Crippen LogP contribution in [0.3, 0.4) is 0 Å². The topological polar surface area (TPSA) is 24.1 Å². The van der Waals surface area contributed by atoms with Crippen LogP contribution in [0.5, 0.6) is 0 Å². The van der Waals surface area contributed by atoms with Crippen LogP contribution in [0.4, 0.5) is 0 Å². The zero-order valence-electron chi connectivity index (χ0n) is 11.3. The minimum atomic E-state index is 0.647. The van der Waals surface area contributed by atoms with E-state index in [1.54, 1.807) is 12.8 Å². The van der Waals surface area contributed by atoms with Crippen molar-refractivity contribution in [3.05, 3.63) is 0 Å². The predicted octanol–water partition coefficient (Wildman–Crippen LogP) is 2.54. The van der Waals surface area contributed by atoms with E-state index in [0.29, 0.717) is 6.04 Å². The van der Waals surface area contributed by atoms with E-state index in [9.17, 15) is 0 Å². The zero-order valence-corrected chi connectivity index (χ0v) is 11.3. The monoisotopic (exact) mass is 236 g/mol. The lowest BCUT2D eigenvalue weighted by molar-refractivity contribution is 0.305. The molecule has 4 unspecified atom stereocenters. The lowest BCUT2D eigenvalue weighted by Crippen LogP contribution is -2.38. The quantitative estimate of drug-likeness (QED) is 0.710. The molecule has 0 saturated heterocycles. The molecule has 2 nitrogen and oxygen atoms in total. The van der Waals surface area contributed by atoms with E-state index < -0.39 is 0 Å². The van der Waals surface area contributed by atoms with E-state index in [2.05, 4.69) is 17.6 Å². The number of rotatable bonds is 7. The molecule has 98 valence electrons. The highest BCUT2D eigenvalue weighted by Crippen LogP contribution is 2.49. The maximum atomic E-state index is 3.69. The third-order valence-corrected chi connectivity index (χ3v) is 5.18. The summed E-state index contributed by atoms with van der Waals surface area (Å²) in [5, 5.41) is 7.29. The van der Waals surface area contributed by atoms with Crippen LogP contribution >= 0.6 is 0 Å². The van der Waals surface area contributed by atoms with Crippen molar-refractivity contribution in [2.24, 2.45) is 17.8 Å². The van der Waals surface area contributed by atoms with E-state index in [-0.39, 0.29) is 0 Å². The SMILES string of the molecule is CC(CNC1CC1)NCCC1CC2CCC1C2. The fourth-order valence-corrected chi connectivity index (χ4v) is 3.95. The Balaban J connectivity index is 1.26. The van der Waals surface area contributed by atoms with Crippen molar-refractivity contribution in [2.45, 2.75) is 64.0 Å². The smallest absolute Gasteiger partial charge is 0.0164 e. The molecular weight excluding hydrogens is 208 g/mol. The molecule has 17 heavy (non-hydrogen) atoms. The molecule has 0 aromatic carbocycles.